The Hall–Kier alpha value is -3.41. The van der Waals surface area contributed by atoms with E-state index in [1.54, 1.807) is 18.3 Å². The van der Waals surface area contributed by atoms with Crippen LogP contribution in [0.2, 0.25) is 0 Å². The summed E-state index contributed by atoms with van der Waals surface area (Å²) in [5.41, 5.74) is 3.33. The molecule has 1 N–H and O–H groups in total. The van der Waals surface area contributed by atoms with Crippen molar-refractivity contribution >= 4 is 17.0 Å². The topological polar surface area (TPSA) is 73.0 Å². The number of rotatable bonds is 8. The number of aryl methyl sites for hydroxylation is 3. The van der Waals surface area contributed by atoms with Crippen LogP contribution in [0.15, 0.2) is 65.3 Å². The molecule has 0 unspecified atom stereocenters. The van der Waals surface area contributed by atoms with Crippen LogP contribution in [-0.4, -0.2) is 27.0 Å². The minimum Gasteiger partial charge on any atom is -0.441 e. The number of fused-ring (bicyclic) bond motifs is 1. The van der Waals surface area contributed by atoms with Gasteiger partial charge in [0.25, 0.3) is 5.91 Å². The maximum absolute atomic E-state index is 12.4. The fourth-order valence-corrected chi connectivity index (χ4v) is 3.34. The van der Waals surface area contributed by atoms with E-state index in [4.69, 9.17) is 4.42 Å². The summed E-state index contributed by atoms with van der Waals surface area (Å²) in [7, 11) is 0. The standard InChI is InChI=1S/C23H24N4O2/c1-17-24-12-14-27(17)15-13-25-23(28)19-10-11-21-20(16-19)26-22(29-21)9-5-8-18-6-3-2-4-7-18/h2-4,6-7,10-12,14,16H,5,8-9,13,15H2,1H3,(H,25,28). The van der Waals surface area contributed by atoms with Crippen molar-refractivity contribution in [2.75, 3.05) is 6.54 Å². The van der Waals surface area contributed by atoms with E-state index in [1.807, 2.05) is 29.8 Å². The van der Waals surface area contributed by atoms with Gasteiger partial charge in [-0.2, -0.15) is 0 Å². The van der Waals surface area contributed by atoms with Gasteiger partial charge in [-0.15, -0.1) is 0 Å². The van der Waals surface area contributed by atoms with Crippen molar-refractivity contribution < 1.29 is 9.21 Å². The Labute approximate surface area is 169 Å². The molecule has 0 aliphatic carbocycles. The number of benzene rings is 2. The third-order valence-electron chi connectivity index (χ3n) is 4.95. The SMILES string of the molecule is Cc1nccn1CCNC(=O)c1ccc2oc(CCCc3ccccc3)nc2c1. The zero-order valence-corrected chi connectivity index (χ0v) is 16.5. The number of oxazole rings is 1. The maximum Gasteiger partial charge on any atom is 0.251 e. The van der Waals surface area contributed by atoms with Gasteiger partial charge in [0.1, 0.15) is 11.3 Å². The Bertz CT molecular complexity index is 1100. The van der Waals surface area contributed by atoms with E-state index >= 15 is 0 Å². The van der Waals surface area contributed by atoms with Crippen molar-refractivity contribution in [3.05, 3.63) is 83.8 Å². The Balaban J connectivity index is 1.33. The third kappa shape index (κ3) is 4.71. The number of carbonyl (C=O) groups excluding carboxylic acids is 1. The molecular formula is C23H24N4O2. The van der Waals surface area contributed by atoms with E-state index in [9.17, 15) is 4.79 Å². The highest BCUT2D eigenvalue weighted by atomic mass is 16.3. The number of hydrogen-bond acceptors (Lipinski definition) is 4. The van der Waals surface area contributed by atoms with Crippen LogP contribution in [0.4, 0.5) is 0 Å². The molecule has 2 aromatic heterocycles. The molecule has 1 amide bonds. The van der Waals surface area contributed by atoms with Gasteiger partial charge in [-0.25, -0.2) is 9.97 Å². The summed E-state index contributed by atoms with van der Waals surface area (Å²) in [5, 5.41) is 2.94. The number of hydrogen-bond donors (Lipinski definition) is 1. The second-order valence-corrected chi connectivity index (χ2v) is 7.05. The molecule has 2 heterocycles. The molecule has 29 heavy (non-hydrogen) atoms. The second kappa shape index (κ2) is 8.73. The largest absolute Gasteiger partial charge is 0.441 e. The molecule has 0 fully saturated rings. The summed E-state index contributed by atoms with van der Waals surface area (Å²) in [6.07, 6.45) is 6.40. The minimum atomic E-state index is -0.113. The van der Waals surface area contributed by atoms with Crippen LogP contribution >= 0.6 is 0 Å². The molecule has 4 aromatic rings. The molecule has 0 aliphatic heterocycles. The van der Waals surface area contributed by atoms with Gasteiger partial charge in [0, 0.05) is 37.5 Å². The predicted octanol–water partition coefficient (Wildman–Crippen LogP) is 3.94. The Morgan fingerprint density at radius 3 is 2.79 bits per heavy atom. The molecule has 0 radical (unpaired) electrons. The molecule has 4 rings (SSSR count). The molecular weight excluding hydrogens is 364 g/mol. The van der Waals surface area contributed by atoms with E-state index < -0.39 is 0 Å². The molecule has 2 aromatic carbocycles. The highest BCUT2D eigenvalue weighted by molar-refractivity contribution is 5.97. The summed E-state index contributed by atoms with van der Waals surface area (Å²) >= 11 is 0. The Kier molecular flexibility index (Phi) is 5.70. The number of aromatic nitrogens is 3. The van der Waals surface area contributed by atoms with Crippen LogP contribution in [0.25, 0.3) is 11.1 Å². The fourth-order valence-electron chi connectivity index (χ4n) is 3.34. The summed E-state index contributed by atoms with van der Waals surface area (Å²) in [6.45, 7) is 3.17. The monoisotopic (exact) mass is 388 g/mol. The van der Waals surface area contributed by atoms with E-state index in [2.05, 4.69) is 39.6 Å². The van der Waals surface area contributed by atoms with Gasteiger partial charge >= 0.3 is 0 Å². The molecule has 0 saturated carbocycles. The second-order valence-electron chi connectivity index (χ2n) is 7.05. The Morgan fingerprint density at radius 1 is 1.14 bits per heavy atom. The lowest BCUT2D eigenvalue weighted by atomic mass is 10.1. The van der Waals surface area contributed by atoms with E-state index in [0.29, 0.717) is 30.1 Å². The van der Waals surface area contributed by atoms with Crippen molar-refractivity contribution in [3.8, 4) is 0 Å². The van der Waals surface area contributed by atoms with Gasteiger partial charge in [0.15, 0.2) is 11.5 Å². The highest BCUT2D eigenvalue weighted by Gasteiger charge is 2.11. The van der Waals surface area contributed by atoms with Crippen LogP contribution in [0.1, 0.15) is 34.1 Å². The van der Waals surface area contributed by atoms with E-state index in [-0.39, 0.29) is 5.91 Å². The number of carbonyl (C=O) groups is 1. The number of nitrogens with zero attached hydrogens (tertiary/aromatic N) is 3. The summed E-state index contributed by atoms with van der Waals surface area (Å²) in [5.74, 6) is 1.53. The average molecular weight is 388 g/mol. The first kappa shape index (κ1) is 18.9. The average Bonchev–Trinajstić information content (AvgIpc) is 3.33. The van der Waals surface area contributed by atoms with E-state index in [1.165, 1.54) is 5.56 Å². The molecule has 0 saturated heterocycles. The van der Waals surface area contributed by atoms with E-state index in [0.717, 1.165) is 30.6 Å². The molecule has 148 valence electrons. The normalized spacial score (nSPS) is 11.1. The molecule has 0 atom stereocenters. The Morgan fingerprint density at radius 2 is 2.00 bits per heavy atom. The molecule has 6 heteroatoms. The predicted molar refractivity (Wildman–Crippen MR) is 112 cm³/mol. The molecule has 0 aliphatic rings. The molecule has 0 bridgehead atoms. The zero-order chi connectivity index (χ0) is 20.1. The molecule has 0 spiro atoms. The van der Waals surface area contributed by atoms with Gasteiger partial charge in [0.2, 0.25) is 0 Å². The van der Waals surface area contributed by atoms with Crippen molar-refractivity contribution in [1.29, 1.82) is 0 Å². The fraction of sp³-hybridized carbons (Fsp3) is 0.261. The summed E-state index contributed by atoms with van der Waals surface area (Å²) < 4.78 is 7.83. The number of nitrogens with one attached hydrogen (secondary N) is 1. The first-order valence-electron chi connectivity index (χ1n) is 9.88. The first-order chi connectivity index (χ1) is 14.2. The summed E-state index contributed by atoms with van der Waals surface area (Å²) in [6, 6.07) is 15.8. The molecule has 6 nitrogen and oxygen atoms in total. The highest BCUT2D eigenvalue weighted by Crippen LogP contribution is 2.19. The van der Waals surface area contributed by atoms with Crippen LogP contribution < -0.4 is 5.32 Å². The first-order valence-corrected chi connectivity index (χ1v) is 9.88. The number of imidazole rings is 1. The van der Waals surface area contributed by atoms with Crippen LogP contribution in [-0.2, 0) is 19.4 Å². The zero-order valence-electron chi connectivity index (χ0n) is 16.5. The van der Waals surface area contributed by atoms with Gasteiger partial charge < -0.3 is 14.3 Å². The summed E-state index contributed by atoms with van der Waals surface area (Å²) in [4.78, 5) is 21.2. The lowest BCUT2D eigenvalue weighted by molar-refractivity contribution is 0.0952. The van der Waals surface area contributed by atoms with Gasteiger partial charge in [-0.3, -0.25) is 4.79 Å². The third-order valence-corrected chi connectivity index (χ3v) is 4.95. The maximum atomic E-state index is 12.4. The van der Waals surface area contributed by atoms with Gasteiger partial charge in [-0.1, -0.05) is 30.3 Å². The van der Waals surface area contributed by atoms with Crippen molar-refractivity contribution in [1.82, 2.24) is 19.9 Å². The van der Waals surface area contributed by atoms with Gasteiger partial charge in [-0.05, 0) is 43.5 Å². The lowest BCUT2D eigenvalue weighted by Gasteiger charge is -2.07. The van der Waals surface area contributed by atoms with Crippen molar-refractivity contribution in [2.24, 2.45) is 0 Å². The van der Waals surface area contributed by atoms with Crippen LogP contribution in [0.5, 0.6) is 0 Å². The van der Waals surface area contributed by atoms with Crippen molar-refractivity contribution in [2.45, 2.75) is 32.7 Å². The quantitative estimate of drug-likeness (QED) is 0.496. The lowest BCUT2D eigenvalue weighted by Crippen LogP contribution is -2.27. The van der Waals surface area contributed by atoms with Crippen molar-refractivity contribution in [3.63, 3.8) is 0 Å². The van der Waals surface area contributed by atoms with Gasteiger partial charge in [0.05, 0.1) is 0 Å². The number of amides is 1. The van der Waals surface area contributed by atoms with Crippen LogP contribution in [0.3, 0.4) is 0 Å². The van der Waals surface area contributed by atoms with Crippen LogP contribution in [0, 0.1) is 6.92 Å². The smallest absolute Gasteiger partial charge is 0.251 e. The minimum absolute atomic E-state index is 0.113.